The zero-order chi connectivity index (χ0) is 15.4. The molecule has 4 nitrogen and oxygen atoms in total. The van der Waals surface area contributed by atoms with E-state index in [0.717, 1.165) is 37.0 Å². The first kappa shape index (κ1) is 16.0. The topological polar surface area (TPSA) is 57.6 Å². The molecule has 1 fully saturated rings. The van der Waals surface area contributed by atoms with Gasteiger partial charge in [0.15, 0.2) is 0 Å². The van der Waals surface area contributed by atoms with Gasteiger partial charge in [0.1, 0.15) is 0 Å². The molecule has 0 spiro atoms. The second-order valence-electron chi connectivity index (χ2n) is 5.56. The normalized spacial score (nSPS) is 18.2. The van der Waals surface area contributed by atoms with Crippen molar-refractivity contribution in [2.75, 3.05) is 6.54 Å². The zero-order valence-corrected chi connectivity index (χ0v) is 13.5. The molecule has 0 bridgehead atoms. The van der Waals surface area contributed by atoms with Crippen LogP contribution in [0.25, 0.3) is 0 Å². The zero-order valence-electron chi connectivity index (χ0n) is 12.7. The number of aliphatic carboxylic acids is 1. The number of likely N-dealkylation sites (tertiary alicyclic amines) is 1. The molecule has 1 aromatic heterocycles. The number of carbonyl (C=O) groups is 2. The van der Waals surface area contributed by atoms with Crippen LogP contribution in [0.4, 0.5) is 0 Å². The smallest absolute Gasteiger partial charge is 0.305 e. The fourth-order valence-electron chi connectivity index (χ4n) is 2.97. The largest absolute Gasteiger partial charge is 0.481 e. The van der Waals surface area contributed by atoms with Crippen LogP contribution in [0.15, 0.2) is 6.07 Å². The van der Waals surface area contributed by atoms with Crippen LogP contribution in [0.3, 0.4) is 0 Å². The van der Waals surface area contributed by atoms with Crippen LogP contribution in [0.2, 0.25) is 0 Å². The monoisotopic (exact) mass is 309 g/mol. The molecule has 0 aliphatic carbocycles. The number of carboxylic acids is 1. The molecule has 0 saturated carbocycles. The van der Waals surface area contributed by atoms with Gasteiger partial charge >= 0.3 is 5.97 Å². The number of aryl methyl sites for hydroxylation is 2. The molecule has 1 N–H and O–H groups in total. The highest BCUT2D eigenvalue weighted by atomic mass is 32.1. The van der Waals surface area contributed by atoms with Crippen LogP contribution in [0.5, 0.6) is 0 Å². The van der Waals surface area contributed by atoms with Crippen molar-refractivity contribution in [3.63, 3.8) is 0 Å². The van der Waals surface area contributed by atoms with E-state index >= 15 is 0 Å². The van der Waals surface area contributed by atoms with Gasteiger partial charge in [-0.2, -0.15) is 0 Å². The van der Waals surface area contributed by atoms with Crippen LogP contribution in [-0.2, 0) is 17.6 Å². The highest BCUT2D eigenvalue weighted by Gasteiger charge is 2.31. The number of rotatable bonds is 6. The molecule has 2 rings (SSSR count). The summed E-state index contributed by atoms with van der Waals surface area (Å²) in [5, 5.41) is 8.96. The fourth-order valence-corrected chi connectivity index (χ4v) is 4.28. The van der Waals surface area contributed by atoms with Crippen LogP contribution in [0, 0.1) is 0 Å². The van der Waals surface area contributed by atoms with E-state index in [9.17, 15) is 9.59 Å². The summed E-state index contributed by atoms with van der Waals surface area (Å²) in [5.74, 6) is -0.812. The molecule has 1 aromatic rings. The SMILES string of the molecule is CCCc1sc(C(=O)N2CCCC2CC(=O)O)cc1CC. The Morgan fingerprint density at radius 1 is 1.43 bits per heavy atom. The number of hydrogen-bond acceptors (Lipinski definition) is 3. The number of nitrogens with zero attached hydrogens (tertiary/aromatic N) is 1. The first-order chi connectivity index (χ1) is 10.1. The maximum absolute atomic E-state index is 12.7. The Morgan fingerprint density at radius 3 is 2.81 bits per heavy atom. The van der Waals surface area contributed by atoms with E-state index in [1.165, 1.54) is 10.4 Å². The molecular weight excluding hydrogens is 286 g/mol. The Kier molecular flexibility index (Phi) is 5.39. The lowest BCUT2D eigenvalue weighted by Crippen LogP contribution is -2.36. The van der Waals surface area contributed by atoms with Crippen LogP contribution < -0.4 is 0 Å². The number of thiophene rings is 1. The van der Waals surface area contributed by atoms with E-state index in [4.69, 9.17) is 5.11 Å². The lowest BCUT2D eigenvalue weighted by atomic mass is 10.1. The molecule has 0 aromatic carbocycles. The highest BCUT2D eigenvalue weighted by Crippen LogP contribution is 2.29. The van der Waals surface area contributed by atoms with Crippen molar-refractivity contribution in [2.24, 2.45) is 0 Å². The average Bonchev–Trinajstić information content (AvgIpc) is 3.04. The third kappa shape index (κ3) is 3.64. The summed E-state index contributed by atoms with van der Waals surface area (Å²) in [4.78, 5) is 27.4. The highest BCUT2D eigenvalue weighted by molar-refractivity contribution is 7.14. The second-order valence-corrected chi connectivity index (χ2v) is 6.69. The number of carbonyl (C=O) groups excluding carboxylic acids is 1. The van der Waals surface area contributed by atoms with E-state index in [2.05, 4.69) is 13.8 Å². The summed E-state index contributed by atoms with van der Waals surface area (Å²) in [7, 11) is 0. The summed E-state index contributed by atoms with van der Waals surface area (Å²) < 4.78 is 0. The summed E-state index contributed by atoms with van der Waals surface area (Å²) in [6, 6.07) is 1.87. The molecule has 21 heavy (non-hydrogen) atoms. The Bertz CT molecular complexity index is 524. The molecule has 5 heteroatoms. The number of hydrogen-bond donors (Lipinski definition) is 1. The fraction of sp³-hybridized carbons (Fsp3) is 0.625. The quantitative estimate of drug-likeness (QED) is 0.876. The van der Waals surface area contributed by atoms with Gasteiger partial charge in [0.25, 0.3) is 5.91 Å². The van der Waals surface area contributed by atoms with E-state index in [1.807, 2.05) is 6.07 Å². The van der Waals surface area contributed by atoms with Crippen molar-refractivity contribution in [2.45, 2.75) is 58.4 Å². The lowest BCUT2D eigenvalue weighted by Gasteiger charge is -2.22. The Morgan fingerprint density at radius 2 is 2.19 bits per heavy atom. The summed E-state index contributed by atoms with van der Waals surface area (Å²) in [5.41, 5.74) is 1.26. The van der Waals surface area contributed by atoms with E-state index in [-0.39, 0.29) is 18.4 Å². The van der Waals surface area contributed by atoms with E-state index < -0.39 is 5.97 Å². The third-order valence-electron chi connectivity index (χ3n) is 4.01. The third-order valence-corrected chi connectivity index (χ3v) is 5.24. The van der Waals surface area contributed by atoms with Crippen molar-refractivity contribution >= 4 is 23.2 Å². The van der Waals surface area contributed by atoms with Gasteiger partial charge in [-0.3, -0.25) is 9.59 Å². The Hall–Kier alpha value is -1.36. The van der Waals surface area contributed by atoms with Crippen molar-refractivity contribution in [1.82, 2.24) is 4.90 Å². The lowest BCUT2D eigenvalue weighted by molar-refractivity contribution is -0.137. The number of amides is 1. The Labute approximate surface area is 129 Å². The maximum Gasteiger partial charge on any atom is 0.305 e. The molecule has 2 heterocycles. The standard InChI is InChI=1S/C16H23NO3S/c1-3-6-13-11(4-2)9-14(21-13)16(20)17-8-5-7-12(17)10-15(18)19/h9,12H,3-8,10H2,1-2H3,(H,18,19). The minimum absolute atomic E-state index is 0.0146. The van der Waals surface area contributed by atoms with E-state index in [1.54, 1.807) is 16.2 Å². The van der Waals surface area contributed by atoms with Crippen LogP contribution in [-0.4, -0.2) is 34.5 Å². The summed E-state index contributed by atoms with van der Waals surface area (Å²) >= 11 is 1.59. The molecule has 1 amide bonds. The number of carboxylic acid groups (broad SMARTS) is 1. The molecule has 1 aliphatic heterocycles. The summed E-state index contributed by atoms with van der Waals surface area (Å²) in [6.45, 7) is 4.93. The predicted molar refractivity (Wildman–Crippen MR) is 84.0 cm³/mol. The van der Waals surface area contributed by atoms with Gasteiger partial charge in [-0.1, -0.05) is 20.3 Å². The van der Waals surface area contributed by atoms with Gasteiger partial charge in [-0.15, -0.1) is 11.3 Å². The first-order valence-corrected chi connectivity index (χ1v) is 8.52. The van der Waals surface area contributed by atoms with Crippen molar-refractivity contribution in [3.8, 4) is 0 Å². The molecular formula is C16H23NO3S. The predicted octanol–water partition coefficient (Wildman–Crippen LogP) is 3.34. The van der Waals surface area contributed by atoms with Crippen molar-refractivity contribution in [3.05, 3.63) is 21.4 Å². The van der Waals surface area contributed by atoms with Crippen molar-refractivity contribution in [1.29, 1.82) is 0 Å². The molecule has 1 saturated heterocycles. The minimum Gasteiger partial charge on any atom is -0.481 e. The molecule has 0 radical (unpaired) electrons. The Balaban J connectivity index is 2.17. The molecule has 1 unspecified atom stereocenters. The van der Waals surface area contributed by atoms with Gasteiger partial charge in [-0.05, 0) is 37.3 Å². The molecule has 1 atom stereocenters. The molecule has 116 valence electrons. The molecule has 1 aliphatic rings. The summed E-state index contributed by atoms with van der Waals surface area (Å²) in [6.07, 6.45) is 4.78. The average molecular weight is 309 g/mol. The van der Waals surface area contributed by atoms with Crippen LogP contribution in [0.1, 0.15) is 59.6 Å². The van der Waals surface area contributed by atoms with E-state index in [0.29, 0.717) is 6.54 Å². The van der Waals surface area contributed by atoms with Gasteiger partial charge < -0.3 is 10.0 Å². The second kappa shape index (κ2) is 7.07. The van der Waals surface area contributed by atoms with Gasteiger partial charge in [0.2, 0.25) is 0 Å². The first-order valence-electron chi connectivity index (χ1n) is 7.71. The van der Waals surface area contributed by atoms with Crippen LogP contribution >= 0.6 is 11.3 Å². The maximum atomic E-state index is 12.7. The van der Waals surface area contributed by atoms with Gasteiger partial charge in [0.05, 0.1) is 11.3 Å². The minimum atomic E-state index is -0.827. The van der Waals surface area contributed by atoms with Crippen molar-refractivity contribution < 1.29 is 14.7 Å². The van der Waals surface area contributed by atoms with Gasteiger partial charge in [-0.25, -0.2) is 0 Å². The van der Waals surface area contributed by atoms with Gasteiger partial charge in [0, 0.05) is 17.5 Å².